The number of sulfonamides is 1. The summed E-state index contributed by atoms with van der Waals surface area (Å²) in [6.07, 6.45) is 1.99. The molecule has 2 heterocycles. The lowest BCUT2D eigenvalue weighted by Crippen LogP contribution is -2.39. The van der Waals surface area contributed by atoms with Crippen LogP contribution in [-0.2, 0) is 16.6 Å². The zero-order valence-electron chi connectivity index (χ0n) is 11.8. The molecule has 0 bridgehead atoms. The fourth-order valence-corrected chi connectivity index (χ4v) is 4.80. The Bertz CT molecular complexity index is 563. The van der Waals surface area contributed by atoms with Gasteiger partial charge in [-0.15, -0.1) is 0 Å². The van der Waals surface area contributed by atoms with Crippen molar-refractivity contribution in [2.75, 3.05) is 13.1 Å². The molecule has 0 aliphatic carbocycles. The summed E-state index contributed by atoms with van der Waals surface area (Å²) in [5, 5.41) is 0. The monoisotopic (exact) mass is 286 g/mol. The summed E-state index contributed by atoms with van der Waals surface area (Å²) in [6, 6.07) is 0. The van der Waals surface area contributed by atoms with Crippen molar-refractivity contribution >= 4 is 10.0 Å². The van der Waals surface area contributed by atoms with E-state index in [9.17, 15) is 8.42 Å². The Kier molecular flexibility index (Phi) is 4.03. The van der Waals surface area contributed by atoms with E-state index in [0.717, 1.165) is 12.8 Å². The summed E-state index contributed by atoms with van der Waals surface area (Å²) in [5.41, 5.74) is 6.28. The quantitative estimate of drug-likeness (QED) is 0.918. The van der Waals surface area contributed by atoms with E-state index in [1.807, 2.05) is 0 Å². The molecule has 1 aliphatic heterocycles. The fourth-order valence-electron chi connectivity index (χ4n) is 2.78. The van der Waals surface area contributed by atoms with Gasteiger partial charge < -0.3 is 10.2 Å². The van der Waals surface area contributed by atoms with E-state index >= 15 is 0 Å². The van der Waals surface area contributed by atoms with Gasteiger partial charge in [-0.1, -0.05) is 6.92 Å². The molecule has 0 aromatic carbocycles. The fraction of sp³-hybridized carbons (Fsp3) is 0.692. The highest BCUT2D eigenvalue weighted by Crippen LogP contribution is 2.31. The Morgan fingerprint density at radius 2 is 2.05 bits per heavy atom. The van der Waals surface area contributed by atoms with Crippen molar-refractivity contribution in [3.05, 3.63) is 17.1 Å². The number of rotatable bonds is 3. The highest BCUT2D eigenvalue weighted by Gasteiger charge is 2.34. The third-order valence-electron chi connectivity index (χ3n) is 3.75. The van der Waals surface area contributed by atoms with Gasteiger partial charge in [0.25, 0.3) is 0 Å². The average Bonchev–Trinajstić information content (AvgIpc) is 2.64. The summed E-state index contributed by atoms with van der Waals surface area (Å²) in [7, 11) is -3.49. The van der Waals surface area contributed by atoms with E-state index in [0.29, 0.717) is 36.1 Å². The first-order valence-corrected chi connectivity index (χ1v) is 8.11. The van der Waals surface area contributed by atoms with Gasteiger partial charge in [0.2, 0.25) is 10.0 Å². The van der Waals surface area contributed by atoms with Crippen LogP contribution in [0.4, 0.5) is 0 Å². The lowest BCUT2D eigenvalue weighted by atomic mass is 10.0. The second-order valence-electron chi connectivity index (χ2n) is 5.34. The Labute approximate surface area is 114 Å². The van der Waals surface area contributed by atoms with Gasteiger partial charge in [0.15, 0.2) is 0 Å². The molecule has 2 rings (SSSR count). The van der Waals surface area contributed by atoms with Gasteiger partial charge in [0.05, 0.1) is 0 Å². The summed E-state index contributed by atoms with van der Waals surface area (Å²) < 4.78 is 32.5. The average molecular weight is 286 g/mol. The molecule has 1 unspecified atom stereocenters. The van der Waals surface area contributed by atoms with Crippen molar-refractivity contribution in [3.8, 4) is 0 Å². The molecule has 1 atom stereocenters. The highest BCUT2D eigenvalue weighted by molar-refractivity contribution is 7.89. The van der Waals surface area contributed by atoms with E-state index in [-0.39, 0.29) is 11.4 Å². The molecular formula is C13H22N2O3S. The van der Waals surface area contributed by atoms with E-state index in [1.54, 1.807) is 18.2 Å². The van der Waals surface area contributed by atoms with Crippen LogP contribution in [0.15, 0.2) is 9.31 Å². The molecule has 0 radical (unpaired) electrons. The first-order chi connectivity index (χ1) is 8.87. The van der Waals surface area contributed by atoms with Crippen LogP contribution in [0.25, 0.3) is 0 Å². The van der Waals surface area contributed by atoms with Gasteiger partial charge in [0.1, 0.15) is 16.4 Å². The lowest BCUT2D eigenvalue weighted by Gasteiger charge is -2.30. The predicted molar refractivity (Wildman–Crippen MR) is 73.2 cm³/mol. The zero-order valence-corrected chi connectivity index (χ0v) is 12.6. The van der Waals surface area contributed by atoms with Crippen LogP contribution in [0, 0.1) is 19.8 Å². The minimum absolute atomic E-state index is 0.182. The topological polar surface area (TPSA) is 76.5 Å². The number of hydrogen-bond donors (Lipinski definition) is 1. The maximum atomic E-state index is 12.8. The van der Waals surface area contributed by atoms with E-state index in [4.69, 9.17) is 10.2 Å². The maximum Gasteiger partial charge on any atom is 0.246 e. The summed E-state index contributed by atoms with van der Waals surface area (Å²) in [4.78, 5) is 0.279. The number of aryl methyl sites for hydroxylation is 2. The van der Waals surface area contributed by atoms with E-state index in [2.05, 4.69) is 6.92 Å². The Hall–Kier alpha value is -0.850. The Morgan fingerprint density at radius 1 is 1.37 bits per heavy atom. The standard InChI is InChI=1S/C13H22N2O3S/c1-9-5-4-6-15(8-9)19(16,17)13-11(3)18-10(2)12(13)7-14/h9H,4-8,14H2,1-3H3. The van der Waals surface area contributed by atoms with Gasteiger partial charge in [-0.3, -0.25) is 0 Å². The molecule has 0 spiro atoms. The van der Waals surface area contributed by atoms with Crippen molar-refractivity contribution in [1.29, 1.82) is 0 Å². The number of nitrogens with zero attached hydrogens (tertiary/aromatic N) is 1. The molecule has 2 N–H and O–H groups in total. The van der Waals surface area contributed by atoms with Crippen LogP contribution in [0.1, 0.15) is 36.8 Å². The molecule has 0 saturated carbocycles. The Morgan fingerprint density at radius 3 is 2.63 bits per heavy atom. The first kappa shape index (κ1) is 14.6. The third-order valence-corrected chi connectivity index (χ3v) is 5.81. The van der Waals surface area contributed by atoms with E-state index in [1.165, 1.54) is 0 Å². The molecule has 0 amide bonds. The minimum atomic E-state index is -3.49. The highest BCUT2D eigenvalue weighted by atomic mass is 32.2. The largest absolute Gasteiger partial charge is 0.465 e. The van der Waals surface area contributed by atoms with Crippen LogP contribution in [-0.4, -0.2) is 25.8 Å². The molecular weight excluding hydrogens is 264 g/mol. The molecule has 6 heteroatoms. The van der Waals surface area contributed by atoms with Gasteiger partial charge in [-0.2, -0.15) is 4.31 Å². The summed E-state index contributed by atoms with van der Waals surface area (Å²) in [5.74, 6) is 1.44. The Balaban J connectivity index is 2.44. The number of nitrogens with two attached hydrogens (primary N) is 1. The number of furan rings is 1. The normalized spacial score (nSPS) is 21.8. The molecule has 1 saturated heterocycles. The number of piperidine rings is 1. The smallest absolute Gasteiger partial charge is 0.246 e. The second-order valence-corrected chi connectivity index (χ2v) is 7.21. The van der Waals surface area contributed by atoms with Crippen LogP contribution in [0.2, 0.25) is 0 Å². The van der Waals surface area contributed by atoms with Gasteiger partial charge >= 0.3 is 0 Å². The molecule has 108 valence electrons. The summed E-state index contributed by atoms with van der Waals surface area (Å²) in [6.45, 7) is 6.87. The van der Waals surface area contributed by atoms with Crippen molar-refractivity contribution in [2.24, 2.45) is 11.7 Å². The molecule has 5 nitrogen and oxygen atoms in total. The molecule has 1 aliphatic rings. The SMILES string of the molecule is Cc1oc(C)c(S(=O)(=O)N2CCCC(C)C2)c1CN. The van der Waals surface area contributed by atoms with Crippen LogP contribution in [0.5, 0.6) is 0 Å². The third kappa shape index (κ3) is 2.57. The first-order valence-electron chi connectivity index (χ1n) is 6.67. The number of hydrogen-bond acceptors (Lipinski definition) is 4. The van der Waals surface area contributed by atoms with Crippen molar-refractivity contribution < 1.29 is 12.8 Å². The lowest BCUT2D eigenvalue weighted by molar-refractivity contribution is 0.281. The van der Waals surface area contributed by atoms with E-state index < -0.39 is 10.0 Å². The predicted octanol–water partition coefficient (Wildman–Crippen LogP) is 1.78. The van der Waals surface area contributed by atoms with Gasteiger partial charge in [0, 0.05) is 25.2 Å². The van der Waals surface area contributed by atoms with Crippen molar-refractivity contribution in [3.63, 3.8) is 0 Å². The second kappa shape index (κ2) is 5.26. The molecule has 1 aromatic heterocycles. The van der Waals surface area contributed by atoms with Crippen LogP contribution in [0.3, 0.4) is 0 Å². The minimum Gasteiger partial charge on any atom is -0.465 e. The molecule has 1 fully saturated rings. The van der Waals surface area contributed by atoms with Gasteiger partial charge in [-0.05, 0) is 32.6 Å². The van der Waals surface area contributed by atoms with Crippen molar-refractivity contribution in [2.45, 2.75) is 45.1 Å². The molecule has 19 heavy (non-hydrogen) atoms. The van der Waals surface area contributed by atoms with Gasteiger partial charge in [-0.25, -0.2) is 8.42 Å². The van der Waals surface area contributed by atoms with Crippen LogP contribution >= 0.6 is 0 Å². The zero-order chi connectivity index (χ0) is 14.2. The van der Waals surface area contributed by atoms with Crippen LogP contribution < -0.4 is 5.73 Å². The molecule has 1 aromatic rings. The summed E-state index contributed by atoms with van der Waals surface area (Å²) >= 11 is 0. The maximum absolute atomic E-state index is 12.8. The van der Waals surface area contributed by atoms with Crippen molar-refractivity contribution in [1.82, 2.24) is 4.31 Å².